The summed E-state index contributed by atoms with van der Waals surface area (Å²) in [5, 5.41) is 13.7. The van der Waals surface area contributed by atoms with Gasteiger partial charge in [-0.25, -0.2) is 4.98 Å². The van der Waals surface area contributed by atoms with Crippen LogP contribution in [-0.2, 0) is 6.54 Å². The summed E-state index contributed by atoms with van der Waals surface area (Å²) in [7, 11) is 0. The maximum atomic E-state index is 9.70. The Morgan fingerprint density at radius 1 is 1.30 bits per heavy atom. The highest BCUT2D eigenvalue weighted by Crippen LogP contribution is 2.13. The second-order valence-corrected chi connectivity index (χ2v) is 6.04. The second-order valence-electron chi connectivity index (χ2n) is 6.04. The molecule has 2 aromatic heterocycles. The normalized spacial score (nSPS) is 11.7. The van der Waals surface area contributed by atoms with E-state index in [0.29, 0.717) is 37.0 Å². The van der Waals surface area contributed by atoms with Crippen LogP contribution in [-0.4, -0.2) is 33.0 Å². The molecule has 3 aromatic rings. The average Bonchev–Trinajstić information content (AvgIpc) is 3.31. The number of nitrogens with two attached hydrogens (primary N) is 1. The molecule has 2 heterocycles. The Bertz CT molecular complexity index is 917. The Labute approximate surface area is 157 Å². The first-order valence-corrected chi connectivity index (χ1v) is 8.75. The minimum Gasteiger partial charge on any atom is -0.494 e. The van der Waals surface area contributed by atoms with Crippen LogP contribution in [0.15, 0.2) is 47.2 Å². The predicted octanol–water partition coefficient (Wildman–Crippen LogP) is 2.10. The summed E-state index contributed by atoms with van der Waals surface area (Å²) in [6, 6.07) is 9.32. The van der Waals surface area contributed by atoms with Gasteiger partial charge in [-0.3, -0.25) is 0 Å². The monoisotopic (exact) mass is 366 g/mol. The molecule has 0 amide bonds. The molecule has 7 nitrogen and oxygen atoms in total. The van der Waals surface area contributed by atoms with E-state index in [-0.39, 0.29) is 0 Å². The van der Waals surface area contributed by atoms with Gasteiger partial charge in [-0.05, 0) is 50.1 Å². The highest BCUT2D eigenvalue weighted by molar-refractivity contribution is 5.41. The fourth-order valence-electron chi connectivity index (χ4n) is 2.48. The quantitative estimate of drug-likeness (QED) is 0.491. The fourth-order valence-corrected chi connectivity index (χ4v) is 2.48. The molecule has 0 saturated heterocycles. The standard InChI is InChI=1S/C20H22N4O3/c1-15(25)20-22-10-11-24(20)14-17-13-19(27-23-17)8-5-16-3-6-18(7-4-16)26-12-2-9-21/h3-4,6-7,10-11,13,15,25H,2,9,12,14,21H2,1H3/t15-/m0/s1. The Morgan fingerprint density at radius 2 is 2.11 bits per heavy atom. The largest absolute Gasteiger partial charge is 0.494 e. The van der Waals surface area contributed by atoms with E-state index in [9.17, 15) is 5.11 Å². The number of nitrogens with zero attached hydrogens (tertiary/aromatic N) is 3. The molecule has 0 unspecified atom stereocenters. The number of aliphatic hydroxyl groups is 1. The van der Waals surface area contributed by atoms with Gasteiger partial charge in [0, 0.05) is 24.0 Å². The SMILES string of the molecule is C[C@H](O)c1nccn1Cc1cc(C#Cc2ccc(OCCCN)cc2)on1. The van der Waals surface area contributed by atoms with Gasteiger partial charge < -0.3 is 24.7 Å². The number of hydrogen-bond donors (Lipinski definition) is 2. The zero-order chi connectivity index (χ0) is 19.1. The fraction of sp³-hybridized carbons (Fsp3) is 0.300. The van der Waals surface area contributed by atoms with Crippen LogP contribution in [0.2, 0.25) is 0 Å². The van der Waals surface area contributed by atoms with E-state index in [4.69, 9.17) is 15.0 Å². The lowest BCUT2D eigenvalue weighted by atomic mass is 10.2. The van der Waals surface area contributed by atoms with E-state index in [1.165, 1.54) is 0 Å². The molecule has 1 aromatic carbocycles. The van der Waals surface area contributed by atoms with E-state index < -0.39 is 6.10 Å². The van der Waals surface area contributed by atoms with Crippen molar-refractivity contribution in [1.82, 2.24) is 14.7 Å². The lowest BCUT2D eigenvalue weighted by Gasteiger charge is -2.07. The van der Waals surface area contributed by atoms with Crippen molar-refractivity contribution in [3.63, 3.8) is 0 Å². The number of hydrogen-bond acceptors (Lipinski definition) is 6. The van der Waals surface area contributed by atoms with Crippen molar-refractivity contribution in [1.29, 1.82) is 0 Å². The summed E-state index contributed by atoms with van der Waals surface area (Å²) in [5.74, 6) is 7.86. The second kappa shape index (κ2) is 9.03. The van der Waals surface area contributed by atoms with E-state index in [1.54, 1.807) is 25.4 Å². The van der Waals surface area contributed by atoms with Crippen molar-refractivity contribution < 1.29 is 14.4 Å². The smallest absolute Gasteiger partial charge is 0.210 e. The molecule has 0 saturated carbocycles. The van der Waals surface area contributed by atoms with Crippen LogP contribution in [0.4, 0.5) is 0 Å². The topological polar surface area (TPSA) is 99.3 Å². The van der Waals surface area contributed by atoms with Crippen molar-refractivity contribution >= 4 is 0 Å². The van der Waals surface area contributed by atoms with Crippen LogP contribution in [0.3, 0.4) is 0 Å². The van der Waals surface area contributed by atoms with Gasteiger partial charge in [-0.2, -0.15) is 0 Å². The van der Waals surface area contributed by atoms with Gasteiger partial charge in [-0.1, -0.05) is 11.1 Å². The molecule has 7 heteroatoms. The van der Waals surface area contributed by atoms with Crippen molar-refractivity contribution in [2.75, 3.05) is 13.2 Å². The van der Waals surface area contributed by atoms with Crippen LogP contribution in [0, 0.1) is 11.8 Å². The Morgan fingerprint density at radius 3 is 2.85 bits per heavy atom. The summed E-state index contributed by atoms with van der Waals surface area (Å²) in [6.07, 6.45) is 3.62. The van der Waals surface area contributed by atoms with Crippen LogP contribution >= 0.6 is 0 Å². The molecule has 0 spiro atoms. The molecular weight excluding hydrogens is 344 g/mol. The number of aliphatic hydroxyl groups excluding tert-OH is 1. The van der Waals surface area contributed by atoms with Crippen molar-refractivity contribution in [2.24, 2.45) is 5.73 Å². The maximum absolute atomic E-state index is 9.70. The van der Waals surface area contributed by atoms with Gasteiger partial charge in [0.25, 0.3) is 0 Å². The van der Waals surface area contributed by atoms with Gasteiger partial charge in [0.15, 0.2) is 0 Å². The highest BCUT2D eigenvalue weighted by Gasteiger charge is 2.10. The number of imidazole rings is 1. The van der Waals surface area contributed by atoms with Gasteiger partial charge in [0.1, 0.15) is 23.4 Å². The number of aromatic nitrogens is 3. The minimum atomic E-state index is -0.645. The van der Waals surface area contributed by atoms with E-state index in [2.05, 4.69) is 22.0 Å². The number of ether oxygens (including phenoxy) is 1. The third-order valence-corrected chi connectivity index (χ3v) is 3.81. The lowest BCUT2D eigenvalue weighted by molar-refractivity contribution is 0.184. The molecule has 0 aliphatic heterocycles. The first-order chi connectivity index (χ1) is 13.2. The summed E-state index contributed by atoms with van der Waals surface area (Å²) < 4.78 is 12.7. The average molecular weight is 366 g/mol. The van der Waals surface area contributed by atoms with Crippen molar-refractivity contribution in [2.45, 2.75) is 26.0 Å². The first kappa shape index (κ1) is 18.7. The zero-order valence-corrected chi connectivity index (χ0v) is 15.1. The molecule has 1 atom stereocenters. The summed E-state index contributed by atoms with van der Waals surface area (Å²) in [4.78, 5) is 4.14. The van der Waals surface area contributed by atoms with Gasteiger partial charge in [-0.15, -0.1) is 0 Å². The van der Waals surface area contributed by atoms with Gasteiger partial charge in [0.05, 0.1) is 13.2 Å². The van der Waals surface area contributed by atoms with Crippen molar-refractivity contribution in [3.05, 3.63) is 65.6 Å². The van der Waals surface area contributed by atoms with E-state index in [1.807, 2.05) is 28.8 Å². The van der Waals surface area contributed by atoms with Gasteiger partial charge in [0.2, 0.25) is 5.76 Å². The van der Waals surface area contributed by atoms with Crippen molar-refractivity contribution in [3.8, 4) is 17.6 Å². The maximum Gasteiger partial charge on any atom is 0.210 e. The molecule has 3 N–H and O–H groups in total. The number of benzene rings is 1. The molecule has 27 heavy (non-hydrogen) atoms. The molecule has 0 aliphatic rings. The molecule has 0 aliphatic carbocycles. The molecule has 0 fully saturated rings. The van der Waals surface area contributed by atoms with Crippen LogP contribution in [0.5, 0.6) is 5.75 Å². The molecule has 140 valence electrons. The highest BCUT2D eigenvalue weighted by atomic mass is 16.5. The molecule has 3 rings (SSSR count). The third kappa shape index (κ3) is 5.20. The third-order valence-electron chi connectivity index (χ3n) is 3.81. The van der Waals surface area contributed by atoms with E-state index in [0.717, 1.165) is 17.7 Å². The van der Waals surface area contributed by atoms with E-state index >= 15 is 0 Å². The Balaban J connectivity index is 1.62. The molecule has 0 bridgehead atoms. The molecular formula is C20H22N4O3. The number of rotatable bonds is 7. The Kier molecular flexibility index (Phi) is 6.26. The molecule has 0 radical (unpaired) electrons. The van der Waals surface area contributed by atoms with Gasteiger partial charge >= 0.3 is 0 Å². The van der Waals surface area contributed by atoms with Crippen LogP contribution in [0.25, 0.3) is 0 Å². The summed E-state index contributed by atoms with van der Waals surface area (Å²) in [5.41, 5.74) is 7.01. The van der Waals surface area contributed by atoms with Crippen LogP contribution < -0.4 is 10.5 Å². The van der Waals surface area contributed by atoms with Crippen LogP contribution in [0.1, 0.15) is 42.3 Å². The predicted molar refractivity (Wildman–Crippen MR) is 100 cm³/mol. The Hall–Kier alpha value is -3.08. The minimum absolute atomic E-state index is 0.459. The first-order valence-electron chi connectivity index (χ1n) is 8.75. The summed E-state index contributed by atoms with van der Waals surface area (Å²) >= 11 is 0. The summed E-state index contributed by atoms with van der Waals surface area (Å²) in [6.45, 7) is 3.35. The zero-order valence-electron chi connectivity index (χ0n) is 15.1. The lowest BCUT2D eigenvalue weighted by Crippen LogP contribution is -2.07.